The molecule has 10 N–H and O–H groups in total. The van der Waals surface area contributed by atoms with E-state index in [2.05, 4.69) is 85.4 Å². The lowest BCUT2D eigenvalue weighted by Crippen LogP contribution is -2.60. The van der Waals surface area contributed by atoms with Crippen LogP contribution < -0.4 is 32.3 Å². The molecule has 21 nitrogen and oxygen atoms in total. The van der Waals surface area contributed by atoms with Crippen LogP contribution in [0.4, 0.5) is 0 Å². The van der Waals surface area contributed by atoms with Crippen LogP contribution in [-0.4, -0.2) is 114 Å². The molecule has 0 saturated heterocycles. The summed E-state index contributed by atoms with van der Waals surface area (Å²) in [5, 5.41) is 48.0. The highest BCUT2D eigenvalue weighted by Gasteiger charge is 2.35. The minimum absolute atomic E-state index is 0.239. The van der Waals surface area contributed by atoms with Crippen molar-refractivity contribution in [3.63, 3.8) is 0 Å². The van der Waals surface area contributed by atoms with Crippen LogP contribution >= 0.6 is 0 Å². The molecular formula is C53H59N9O12. The van der Waals surface area contributed by atoms with Crippen molar-refractivity contribution in [2.45, 2.75) is 96.6 Å². The Hall–Kier alpha value is -9.01. The van der Waals surface area contributed by atoms with E-state index in [4.69, 9.17) is 5.73 Å². The summed E-state index contributed by atoms with van der Waals surface area (Å²) < 4.78 is 1.53. The van der Waals surface area contributed by atoms with Crippen LogP contribution in [0.1, 0.15) is 85.5 Å². The quantitative estimate of drug-likeness (QED) is 0.0360. The van der Waals surface area contributed by atoms with Gasteiger partial charge in [0.1, 0.15) is 30.2 Å². The van der Waals surface area contributed by atoms with Gasteiger partial charge in [0.2, 0.25) is 35.4 Å². The van der Waals surface area contributed by atoms with Gasteiger partial charge in [-0.2, -0.15) is 0 Å². The van der Waals surface area contributed by atoms with Gasteiger partial charge in [-0.25, -0.2) is 4.68 Å². The number of hydrogen-bond donors (Lipinski definition) is 9. The molecule has 0 saturated carbocycles. The summed E-state index contributed by atoms with van der Waals surface area (Å²) in [6.45, 7) is 6.31. The first-order valence-electron chi connectivity index (χ1n) is 23.5. The van der Waals surface area contributed by atoms with E-state index < -0.39 is 115 Å². The molecular weight excluding hydrogens is 955 g/mol. The third-order valence-electron chi connectivity index (χ3n) is 11.6. The van der Waals surface area contributed by atoms with Crippen LogP contribution in [0.15, 0.2) is 115 Å². The van der Waals surface area contributed by atoms with Crippen molar-refractivity contribution in [1.29, 1.82) is 0 Å². The first-order valence-corrected chi connectivity index (χ1v) is 23.5. The van der Waals surface area contributed by atoms with Gasteiger partial charge >= 0.3 is 17.9 Å². The molecule has 0 radical (unpaired) electrons. The number of amides is 6. The number of carbonyl (C=O) groups is 9. The Kier molecular flexibility index (Phi) is 20.0. The van der Waals surface area contributed by atoms with Gasteiger partial charge < -0.3 is 47.6 Å². The van der Waals surface area contributed by atoms with Gasteiger partial charge in [-0.3, -0.25) is 43.2 Å². The fourth-order valence-corrected chi connectivity index (χ4v) is 7.89. The largest absolute Gasteiger partial charge is 0.481 e. The molecule has 5 atom stereocenters. The number of nitrogens with two attached hydrogens (primary N) is 1. The number of nitrogens with zero attached hydrogens (tertiary/aromatic N) is 3. The molecule has 0 aliphatic carbocycles. The molecule has 74 heavy (non-hydrogen) atoms. The van der Waals surface area contributed by atoms with Gasteiger partial charge in [0.25, 0.3) is 0 Å². The summed E-state index contributed by atoms with van der Waals surface area (Å²) in [7, 11) is 0. The second-order valence-electron chi connectivity index (χ2n) is 17.9. The number of primary amides is 1. The fourth-order valence-electron chi connectivity index (χ4n) is 7.89. The average Bonchev–Trinajstić information content (AvgIpc) is 3.79. The summed E-state index contributed by atoms with van der Waals surface area (Å²) in [4.78, 5) is 113. The Balaban J connectivity index is 1.30. The van der Waals surface area contributed by atoms with E-state index in [9.17, 15) is 58.5 Å². The number of aryl methyl sites for hydroxylation is 1. The number of aromatic nitrogens is 3. The lowest BCUT2D eigenvalue weighted by atomic mass is 9.85. The van der Waals surface area contributed by atoms with Crippen molar-refractivity contribution in [2.24, 2.45) is 11.7 Å². The van der Waals surface area contributed by atoms with Crippen molar-refractivity contribution in [1.82, 2.24) is 41.6 Å². The highest BCUT2D eigenvalue weighted by atomic mass is 16.4. The van der Waals surface area contributed by atoms with E-state index in [1.807, 2.05) is 67.6 Å². The Morgan fingerprint density at radius 2 is 1.03 bits per heavy atom. The fraction of sp³-hybridized carbons (Fsp3) is 0.302. The molecule has 1 aromatic heterocycles. The first kappa shape index (κ1) is 55.9. The van der Waals surface area contributed by atoms with Gasteiger partial charge in [0.15, 0.2) is 0 Å². The zero-order valence-electron chi connectivity index (χ0n) is 41.1. The summed E-state index contributed by atoms with van der Waals surface area (Å²) in [6, 6.07) is 28.6. The molecule has 0 unspecified atom stereocenters. The molecule has 388 valence electrons. The molecule has 4 aromatic carbocycles. The Morgan fingerprint density at radius 1 is 0.568 bits per heavy atom. The lowest BCUT2D eigenvalue weighted by Gasteiger charge is -2.28. The van der Waals surface area contributed by atoms with Crippen molar-refractivity contribution < 1.29 is 58.5 Å². The maximum absolute atomic E-state index is 13.7. The number of carbonyl (C=O) groups excluding carboxylic acids is 6. The number of carboxylic acid groups (broad SMARTS) is 3. The summed E-state index contributed by atoms with van der Waals surface area (Å²) >= 11 is 0. The molecule has 0 fully saturated rings. The molecule has 0 bridgehead atoms. The van der Waals surface area contributed by atoms with Gasteiger partial charge in [-0.05, 0) is 58.2 Å². The van der Waals surface area contributed by atoms with Gasteiger partial charge in [-0.1, -0.05) is 134 Å². The van der Waals surface area contributed by atoms with Crippen molar-refractivity contribution in [3.05, 3.63) is 154 Å². The second-order valence-corrected chi connectivity index (χ2v) is 17.9. The van der Waals surface area contributed by atoms with E-state index in [1.165, 1.54) is 18.5 Å². The molecule has 21 heteroatoms. The van der Waals surface area contributed by atoms with E-state index >= 15 is 0 Å². The zero-order valence-corrected chi connectivity index (χ0v) is 41.1. The van der Waals surface area contributed by atoms with Crippen LogP contribution in [0.3, 0.4) is 0 Å². The van der Waals surface area contributed by atoms with Crippen LogP contribution in [0.5, 0.6) is 0 Å². The predicted octanol–water partition coefficient (Wildman–Crippen LogP) is 2.58. The molecule has 6 amide bonds. The van der Waals surface area contributed by atoms with Crippen molar-refractivity contribution in [3.8, 4) is 0 Å². The van der Waals surface area contributed by atoms with Crippen molar-refractivity contribution >= 4 is 64.5 Å². The highest BCUT2D eigenvalue weighted by molar-refractivity contribution is 6.04. The van der Waals surface area contributed by atoms with Crippen LogP contribution in [0.2, 0.25) is 0 Å². The summed E-state index contributed by atoms with van der Waals surface area (Å²) in [5.41, 5.74) is 14.1. The van der Waals surface area contributed by atoms with E-state index in [0.29, 0.717) is 0 Å². The molecule has 1 heterocycles. The number of nitrogens with one attached hydrogen (secondary N) is 5. The number of carboxylic acids is 3. The van der Waals surface area contributed by atoms with E-state index in [1.54, 1.807) is 6.20 Å². The third-order valence-corrected chi connectivity index (χ3v) is 11.6. The topological polar surface area (TPSA) is 331 Å². The minimum Gasteiger partial charge on any atom is -0.481 e. The normalized spacial score (nSPS) is 12.9. The second kappa shape index (κ2) is 26.4. The molecule has 5 rings (SSSR count). The SMILES string of the molecule is CC(=O)N[C@H](CC(=O)O)C(=O)N[C@H](CCC(=O)O)C(=O)N[C@@H](C(=O)N[C@H](CC(=O)O)C(=O)N[C@H](Cc1cn(Cc2ccc(C(=C(c3ccccc3)c3ccccc3)c3ccc(C)cc3)cc2)nn1)C(N)=O)C(C)C. The van der Waals surface area contributed by atoms with E-state index in [0.717, 1.165) is 51.5 Å². The number of aliphatic carboxylic acids is 3. The standard InChI is InChI=1S/C53H59N9O12/c1-30(2)48(59-50(71)39(23-24-43(64)65)56-51(72)41(26-44(66)67)55-32(4)63)53(74)58-42(27-45(68)69)52(73)57-40(49(54)70)25-38-29-62(61-60-38)28-33-17-21-37(22-18-33)47(36-19-15-31(3)16-20-36)46(34-11-7-5-8-12-34)35-13-9-6-10-14-35/h5-22,29-30,39-42,48H,23-28H2,1-4H3,(H2,54,70)(H,55,63)(H,56,72)(H,57,73)(H,58,74)(H,59,71)(H,64,65)(H,66,67)(H,68,69)/t39-,40-,41-,42-,48-/m1/s1. The number of benzene rings is 4. The highest BCUT2D eigenvalue weighted by Crippen LogP contribution is 2.37. The number of rotatable bonds is 26. The Morgan fingerprint density at radius 3 is 1.50 bits per heavy atom. The van der Waals surface area contributed by atoms with Crippen LogP contribution in [-0.2, 0) is 56.1 Å². The Labute approximate surface area is 426 Å². The zero-order chi connectivity index (χ0) is 54.1. The van der Waals surface area contributed by atoms with Crippen molar-refractivity contribution in [2.75, 3.05) is 0 Å². The van der Waals surface area contributed by atoms with Gasteiger partial charge in [0, 0.05) is 26.0 Å². The van der Waals surface area contributed by atoms with Crippen LogP contribution in [0.25, 0.3) is 11.1 Å². The molecule has 0 spiro atoms. The summed E-state index contributed by atoms with van der Waals surface area (Å²) in [6.07, 6.45) is -1.77. The van der Waals surface area contributed by atoms with Gasteiger partial charge in [0.05, 0.1) is 25.1 Å². The smallest absolute Gasteiger partial charge is 0.305 e. The van der Waals surface area contributed by atoms with Gasteiger partial charge in [-0.15, -0.1) is 5.10 Å². The number of hydrogen-bond acceptors (Lipinski definition) is 11. The lowest BCUT2D eigenvalue weighted by molar-refractivity contribution is -0.142. The third kappa shape index (κ3) is 16.5. The minimum atomic E-state index is -1.83. The molecule has 5 aromatic rings. The van der Waals surface area contributed by atoms with E-state index in [-0.39, 0.29) is 18.7 Å². The maximum atomic E-state index is 13.7. The first-order chi connectivity index (χ1) is 35.2. The van der Waals surface area contributed by atoms with Crippen LogP contribution in [0, 0.1) is 12.8 Å². The molecule has 0 aliphatic heterocycles. The summed E-state index contributed by atoms with van der Waals surface area (Å²) in [5.74, 6) is -11.3. The average molecular weight is 1010 g/mol. The predicted molar refractivity (Wildman–Crippen MR) is 269 cm³/mol. The monoisotopic (exact) mass is 1010 g/mol. The maximum Gasteiger partial charge on any atom is 0.305 e. The Bertz CT molecular complexity index is 2790. The molecule has 0 aliphatic rings.